The molecule has 2 aromatic rings. The first kappa shape index (κ1) is 12.4. The predicted molar refractivity (Wildman–Crippen MR) is 61.8 cm³/mol. The number of aromatic amines is 1. The van der Waals surface area contributed by atoms with E-state index in [1.807, 2.05) is 0 Å². The fourth-order valence-corrected chi connectivity index (χ4v) is 1.77. The average molecular weight is 269 g/mol. The highest BCUT2D eigenvalue weighted by Gasteiger charge is 2.12. The molecule has 0 unspecified atom stereocenters. The molecule has 0 atom stereocenters. The molecule has 1 aromatic carbocycles. The van der Waals surface area contributed by atoms with Crippen molar-refractivity contribution in [2.75, 3.05) is 5.75 Å². The van der Waals surface area contributed by atoms with Gasteiger partial charge in [0.05, 0.1) is 11.3 Å². The third kappa shape index (κ3) is 2.77. The van der Waals surface area contributed by atoms with Gasteiger partial charge in [-0.3, -0.25) is 9.89 Å². The number of thioether (sulfide) groups is 1. The molecule has 1 heterocycles. The number of hydrogen-bond donors (Lipinski definition) is 3. The molecular weight excluding hydrogens is 261 g/mol. The molecule has 2 rings (SSSR count). The second-order valence-electron chi connectivity index (χ2n) is 3.31. The standard InChI is InChI=1S/C10H8FN3O3S/c11-7-3-5(15)1-2-6(7)9-12-10(14-13-9)18-4-8(16)17/h1-3,15H,4H2,(H,16,17)(H,12,13,14). The lowest BCUT2D eigenvalue weighted by atomic mass is 10.2. The molecular formula is C10H8FN3O3S. The van der Waals surface area contributed by atoms with Crippen LogP contribution in [0, 0.1) is 5.82 Å². The Bertz CT molecular complexity index is 587. The second-order valence-corrected chi connectivity index (χ2v) is 4.26. The maximum absolute atomic E-state index is 13.5. The Balaban J connectivity index is 2.21. The van der Waals surface area contributed by atoms with Gasteiger partial charge in [-0.1, -0.05) is 11.8 Å². The number of aliphatic carboxylic acids is 1. The summed E-state index contributed by atoms with van der Waals surface area (Å²) in [6, 6.07) is 3.64. The fourth-order valence-electron chi connectivity index (χ4n) is 1.25. The number of rotatable bonds is 4. The number of halogens is 1. The highest BCUT2D eigenvalue weighted by Crippen LogP contribution is 2.24. The maximum atomic E-state index is 13.5. The monoisotopic (exact) mass is 269 g/mol. The molecule has 6 nitrogen and oxygen atoms in total. The maximum Gasteiger partial charge on any atom is 0.313 e. The minimum absolute atomic E-state index is 0.155. The lowest BCUT2D eigenvalue weighted by molar-refractivity contribution is -0.133. The molecule has 0 saturated heterocycles. The SMILES string of the molecule is O=C(O)CSc1n[nH]c(-c2ccc(O)cc2F)n1. The summed E-state index contributed by atoms with van der Waals surface area (Å²) in [5.41, 5.74) is 0.155. The minimum atomic E-state index is -0.984. The summed E-state index contributed by atoms with van der Waals surface area (Å²) in [5.74, 6) is -1.80. The van der Waals surface area contributed by atoms with Crippen molar-refractivity contribution in [1.29, 1.82) is 0 Å². The zero-order valence-corrected chi connectivity index (χ0v) is 9.74. The van der Waals surface area contributed by atoms with Crippen LogP contribution >= 0.6 is 11.8 Å². The van der Waals surface area contributed by atoms with E-state index in [4.69, 9.17) is 10.2 Å². The number of H-pyrrole nitrogens is 1. The molecule has 0 bridgehead atoms. The number of phenols is 1. The molecule has 1 aromatic heterocycles. The molecule has 18 heavy (non-hydrogen) atoms. The molecule has 0 spiro atoms. The first-order valence-electron chi connectivity index (χ1n) is 4.82. The zero-order chi connectivity index (χ0) is 13.1. The largest absolute Gasteiger partial charge is 0.508 e. The van der Waals surface area contributed by atoms with Gasteiger partial charge >= 0.3 is 5.97 Å². The molecule has 0 amide bonds. The van der Waals surface area contributed by atoms with E-state index in [2.05, 4.69) is 15.2 Å². The van der Waals surface area contributed by atoms with Crippen LogP contribution in [-0.4, -0.2) is 37.1 Å². The van der Waals surface area contributed by atoms with Gasteiger partial charge in [0.2, 0.25) is 5.16 Å². The fraction of sp³-hybridized carbons (Fsp3) is 0.100. The van der Waals surface area contributed by atoms with Gasteiger partial charge in [-0.2, -0.15) is 0 Å². The second kappa shape index (κ2) is 5.05. The van der Waals surface area contributed by atoms with Gasteiger partial charge in [-0.25, -0.2) is 9.37 Å². The topological polar surface area (TPSA) is 99.1 Å². The molecule has 8 heteroatoms. The Labute approximate surface area is 105 Å². The van der Waals surface area contributed by atoms with Gasteiger partial charge < -0.3 is 10.2 Å². The van der Waals surface area contributed by atoms with E-state index in [1.165, 1.54) is 12.1 Å². The summed E-state index contributed by atoms with van der Waals surface area (Å²) in [5, 5.41) is 24.1. The van der Waals surface area contributed by atoms with E-state index in [1.54, 1.807) is 0 Å². The Kier molecular flexibility index (Phi) is 3.47. The van der Waals surface area contributed by atoms with Gasteiger partial charge in [0.1, 0.15) is 11.6 Å². The number of hydrogen-bond acceptors (Lipinski definition) is 5. The Hall–Kier alpha value is -2.09. The number of phenolic OH excluding ortho intramolecular Hbond substituents is 1. The number of carboxylic acid groups (broad SMARTS) is 1. The van der Waals surface area contributed by atoms with Gasteiger partial charge in [0.25, 0.3) is 0 Å². The van der Waals surface area contributed by atoms with E-state index in [0.29, 0.717) is 0 Å². The van der Waals surface area contributed by atoms with Crippen molar-refractivity contribution in [2.24, 2.45) is 0 Å². The Morgan fingerprint density at radius 3 is 2.94 bits per heavy atom. The minimum Gasteiger partial charge on any atom is -0.508 e. The van der Waals surface area contributed by atoms with Crippen LogP contribution in [0.1, 0.15) is 0 Å². The number of carboxylic acids is 1. The first-order chi connectivity index (χ1) is 8.56. The summed E-state index contributed by atoms with van der Waals surface area (Å²) < 4.78 is 13.5. The van der Waals surface area contributed by atoms with Crippen molar-refractivity contribution in [3.63, 3.8) is 0 Å². The number of nitrogens with one attached hydrogen (secondary N) is 1. The summed E-state index contributed by atoms with van der Waals surface area (Å²) in [6.45, 7) is 0. The van der Waals surface area contributed by atoms with E-state index in [-0.39, 0.29) is 28.0 Å². The average Bonchev–Trinajstić information content (AvgIpc) is 2.75. The quantitative estimate of drug-likeness (QED) is 0.727. The molecule has 0 fully saturated rings. The molecule has 0 saturated carbocycles. The molecule has 3 N–H and O–H groups in total. The van der Waals surface area contributed by atoms with Crippen LogP contribution in [0.3, 0.4) is 0 Å². The molecule has 0 radical (unpaired) electrons. The van der Waals surface area contributed by atoms with Crippen LogP contribution in [0.4, 0.5) is 4.39 Å². The molecule has 0 aliphatic carbocycles. The van der Waals surface area contributed by atoms with Crippen molar-refractivity contribution in [3.8, 4) is 17.1 Å². The van der Waals surface area contributed by atoms with Crippen LogP contribution in [0.5, 0.6) is 5.75 Å². The third-order valence-corrected chi connectivity index (χ3v) is 2.83. The van der Waals surface area contributed by atoms with E-state index >= 15 is 0 Å². The third-order valence-electron chi connectivity index (χ3n) is 2.00. The first-order valence-corrected chi connectivity index (χ1v) is 5.80. The van der Waals surface area contributed by atoms with E-state index < -0.39 is 11.8 Å². The summed E-state index contributed by atoms with van der Waals surface area (Å²) in [6.07, 6.45) is 0. The van der Waals surface area contributed by atoms with Crippen LogP contribution in [-0.2, 0) is 4.79 Å². The van der Waals surface area contributed by atoms with Gasteiger partial charge in [0.15, 0.2) is 5.82 Å². The molecule has 0 aliphatic rings. The number of benzene rings is 1. The lowest BCUT2D eigenvalue weighted by Gasteiger charge is -1.98. The lowest BCUT2D eigenvalue weighted by Crippen LogP contribution is -1.97. The van der Waals surface area contributed by atoms with Gasteiger partial charge in [0, 0.05) is 6.07 Å². The molecule has 0 aliphatic heterocycles. The van der Waals surface area contributed by atoms with Crippen LogP contribution < -0.4 is 0 Å². The molecule has 94 valence electrons. The van der Waals surface area contributed by atoms with E-state index in [9.17, 15) is 9.18 Å². The van der Waals surface area contributed by atoms with Crippen LogP contribution in [0.15, 0.2) is 23.4 Å². The van der Waals surface area contributed by atoms with Gasteiger partial charge in [-0.05, 0) is 12.1 Å². The van der Waals surface area contributed by atoms with Crippen molar-refractivity contribution < 1.29 is 19.4 Å². The summed E-state index contributed by atoms with van der Waals surface area (Å²) >= 11 is 0.928. The predicted octanol–water partition coefficient (Wildman–Crippen LogP) is 1.49. The highest BCUT2D eigenvalue weighted by atomic mass is 32.2. The van der Waals surface area contributed by atoms with Crippen LogP contribution in [0.2, 0.25) is 0 Å². The van der Waals surface area contributed by atoms with Crippen molar-refractivity contribution in [2.45, 2.75) is 5.16 Å². The number of aromatic hydroxyl groups is 1. The highest BCUT2D eigenvalue weighted by molar-refractivity contribution is 7.99. The van der Waals surface area contributed by atoms with Crippen LogP contribution in [0.25, 0.3) is 11.4 Å². The Morgan fingerprint density at radius 1 is 1.50 bits per heavy atom. The smallest absolute Gasteiger partial charge is 0.313 e. The summed E-state index contributed by atoms with van der Waals surface area (Å²) in [4.78, 5) is 14.3. The normalized spacial score (nSPS) is 10.5. The van der Waals surface area contributed by atoms with Crippen molar-refractivity contribution in [3.05, 3.63) is 24.0 Å². The number of aromatic nitrogens is 3. The Morgan fingerprint density at radius 2 is 2.28 bits per heavy atom. The number of nitrogens with zero attached hydrogens (tertiary/aromatic N) is 2. The van der Waals surface area contributed by atoms with Crippen molar-refractivity contribution in [1.82, 2.24) is 15.2 Å². The number of carbonyl (C=O) groups is 1. The van der Waals surface area contributed by atoms with Crippen molar-refractivity contribution >= 4 is 17.7 Å². The van der Waals surface area contributed by atoms with E-state index in [0.717, 1.165) is 17.8 Å². The summed E-state index contributed by atoms with van der Waals surface area (Å²) in [7, 11) is 0. The van der Waals surface area contributed by atoms with Gasteiger partial charge in [-0.15, -0.1) is 5.10 Å². The zero-order valence-electron chi connectivity index (χ0n) is 8.92.